The van der Waals surface area contributed by atoms with Crippen molar-refractivity contribution in [2.45, 2.75) is 174 Å². The fourth-order valence-electron chi connectivity index (χ4n) is 4.57. The molecule has 1 atom stereocenters. The second kappa shape index (κ2) is 23.6. The Bertz CT molecular complexity index is 320. The zero-order chi connectivity index (χ0) is 22.2. The molecule has 0 saturated carbocycles. The molecule has 0 aromatic rings. The van der Waals surface area contributed by atoms with E-state index in [4.69, 9.17) is 5.73 Å². The molecule has 0 aliphatic carbocycles. The van der Waals surface area contributed by atoms with Crippen LogP contribution < -0.4 is 5.73 Å². The van der Waals surface area contributed by atoms with Crippen LogP contribution in [0.15, 0.2) is 0 Å². The van der Waals surface area contributed by atoms with Gasteiger partial charge in [-0.25, -0.2) is 0 Å². The first kappa shape index (κ1) is 29.9. The Morgan fingerprint density at radius 1 is 0.433 bits per heavy atom. The van der Waals surface area contributed by atoms with Crippen molar-refractivity contribution in [3.8, 4) is 0 Å². The van der Waals surface area contributed by atoms with Gasteiger partial charge < -0.3 is 10.8 Å². The molecule has 0 bridgehead atoms. The highest BCUT2D eigenvalue weighted by molar-refractivity contribution is 4.79. The van der Waals surface area contributed by atoms with Crippen molar-refractivity contribution in [3.05, 3.63) is 0 Å². The van der Waals surface area contributed by atoms with Crippen molar-refractivity contribution in [1.82, 2.24) is 0 Å². The highest BCUT2D eigenvalue weighted by Crippen LogP contribution is 2.23. The monoisotopic (exact) mass is 425 g/mol. The van der Waals surface area contributed by atoms with Crippen LogP contribution >= 0.6 is 0 Å². The first-order valence-corrected chi connectivity index (χ1v) is 14.1. The van der Waals surface area contributed by atoms with Crippen molar-refractivity contribution in [2.75, 3.05) is 6.54 Å². The summed E-state index contributed by atoms with van der Waals surface area (Å²) in [5, 5.41) is 10.8. The van der Waals surface area contributed by atoms with Crippen molar-refractivity contribution in [2.24, 2.45) is 5.73 Å². The third-order valence-electron chi connectivity index (χ3n) is 6.87. The molecule has 0 aliphatic rings. The number of aliphatic hydroxyl groups is 1. The smallest absolute Gasteiger partial charge is 0.0769 e. The van der Waals surface area contributed by atoms with E-state index >= 15 is 0 Å². The van der Waals surface area contributed by atoms with E-state index < -0.39 is 5.60 Å². The van der Waals surface area contributed by atoms with Crippen molar-refractivity contribution in [1.29, 1.82) is 0 Å². The summed E-state index contributed by atoms with van der Waals surface area (Å²) in [7, 11) is 0. The number of unbranched alkanes of at least 4 members (excludes halogenated alkanes) is 20. The summed E-state index contributed by atoms with van der Waals surface area (Å²) >= 11 is 0. The maximum atomic E-state index is 10.8. The van der Waals surface area contributed by atoms with E-state index in [0.29, 0.717) is 6.54 Å². The Hall–Kier alpha value is -0.0800. The lowest BCUT2D eigenvalue weighted by Crippen LogP contribution is -2.37. The molecule has 0 fully saturated rings. The first-order chi connectivity index (χ1) is 14.7. The Balaban J connectivity index is 3.45. The van der Waals surface area contributed by atoms with E-state index in [2.05, 4.69) is 13.8 Å². The van der Waals surface area contributed by atoms with Crippen molar-refractivity contribution in [3.63, 3.8) is 0 Å². The van der Waals surface area contributed by atoms with E-state index in [1.54, 1.807) is 0 Å². The molecule has 2 nitrogen and oxygen atoms in total. The van der Waals surface area contributed by atoms with E-state index in [-0.39, 0.29) is 0 Å². The van der Waals surface area contributed by atoms with E-state index in [1.807, 2.05) is 0 Å². The van der Waals surface area contributed by atoms with Crippen LogP contribution in [0.5, 0.6) is 0 Å². The van der Waals surface area contributed by atoms with Gasteiger partial charge in [-0.3, -0.25) is 0 Å². The molecular weight excluding hydrogens is 366 g/mol. The molecule has 0 rings (SSSR count). The zero-order valence-corrected chi connectivity index (χ0v) is 21.2. The fourth-order valence-corrected chi connectivity index (χ4v) is 4.57. The first-order valence-electron chi connectivity index (χ1n) is 14.1. The molecule has 0 aromatic carbocycles. The second-order valence-corrected chi connectivity index (χ2v) is 10.00. The molecular formula is C28H59NO. The quantitative estimate of drug-likeness (QED) is 0.143. The van der Waals surface area contributed by atoms with Crippen LogP contribution in [0.2, 0.25) is 0 Å². The van der Waals surface area contributed by atoms with Gasteiger partial charge in [0.15, 0.2) is 0 Å². The molecule has 0 amide bonds. The normalized spacial score (nSPS) is 13.6. The number of nitrogens with two attached hydrogens (primary N) is 1. The van der Waals surface area contributed by atoms with Gasteiger partial charge in [0.25, 0.3) is 0 Å². The zero-order valence-electron chi connectivity index (χ0n) is 21.2. The topological polar surface area (TPSA) is 46.2 Å². The minimum atomic E-state index is -0.599. The summed E-state index contributed by atoms with van der Waals surface area (Å²) in [4.78, 5) is 0. The molecule has 3 N–H and O–H groups in total. The summed E-state index contributed by atoms with van der Waals surface area (Å²) in [5.74, 6) is 0. The molecule has 182 valence electrons. The molecule has 0 saturated heterocycles. The average Bonchev–Trinajstić information content (AvgIpc) is 2.76. The summed E-state index contributed by atoms with van der Waals surface area (Å²) in [6.07, 6.45) is 31.7. The Labute approximate surface area is 191 Å². The van der Waals surface area contributed by atoms with E-state index in [1.165, 1.54) is 128 Å². The predicted octanol–water partition coefficient (Wildman–Crippen LogP) is 9.08. The fraction of sp³-hybridized carbons (Fsp3) is 1.00. The van der Waals surface area contributed by atoms with Gasteiger partial charge in [0.2, 0.25) is 0 Å². The average molecular weight is 426 g/mol. The Morgan fingerprint density at radius 2 is 0.667 bits per heavy atom. The highest BCUT2D eigenvalue weighted by atomic mass is 16.3. The highest BCUT2D eigenvalue weighted by Gasteiger charge is 2.23. The molecule has 0 aliphatic heterocycles. The van der Waals surface area contributed by atoms with Gasteiger partial charge in [-0.05, 0) is 12.8 Å². The second-order valence-electron chi connectivity index (χ2n) is 10.00. The molecule has 2 heteroatoms. The van der Waals surface area contributed by atoms with Crippen LogP contribution in [0, 0.1) is 0 Å². The molecule has 0 spiro atoms. The van der Waals surface area contributed by atoms with Crippen molar-refractivity contribution >= 4 is 0 Å². The lowest BCUT2D eigenvalue weighted by atomic mass is 9.89. The van der Waals surface area contributed by atoms with Gasteiger partial charge in [0.1, 0.15) is 0 Å². The third kappa shape index (κ3) is 21.2. The lowest BCUT2D eigenvalue weighted by Gasteiger charge is -2.26. The van der Waals surface area contributed by atoms with Crippen LogP contribution in [-0.2, 0) is 0 Å². The minimum absolute atomic E-state index is 0.433. The Morgan fingerprint density at radius 3 is 0.900 bits per heavy atom. The molecule has 30 heavy (non-hydrogen) atoms. The number of rotatable bonds is 25. The third-order valence-corrected chi connectivity index (χ3v) is 6.87. The lowest BCUT2D eigenvalue weighted by molar-refractivity contribution is 0.0264. The summed E-state index contributed by atoms with van der Waals surface area (Å²) < 4.78 is 0. The van der Waals surface area contributed by atoms with Crippen LogP contribution in [0.3, 0.4) is 0 Å². The molecule has 0 heterocycles. The van der Waals surface area contributed by atoms with Crippen molar-refractivity contribution < 1.29 is 5.11 Å². The van der Waals surface area contributed by atoms with Crippen LogP contribution in [-0.4, -0.2) is 17.3 Å². The SMILES string of the molecule is CCCCCCCCCCCCCCC(O)(CN)CCCCCCCCCCCC. The van der Waals surface area contributed by atoms with Gasteiger partial charge in [-0.2, -0.15) is 0 Å². The van der Waals surface area contributed by atoms with Crippen LogP contribution in [0.4, 0.5) is 0 Å². The standard InChI is InChI=1S/C28H59NO/c1-3-5-7-9-11-13-15-16-18-20-22-24-26-28(30,27-29)25-23-21-19-17-14-12-10-8-6-4-2/h30H,3-27,29H2,1-2H3. The van der Waals surface area contributed by atoms with E-state index in [0.717, 1.165) is 25.7 Å². The summed E-state index contributed by atoms with van der Waals surface area (Å²) in [5.41, 5.74) is 5.32. The largest absolute Gasteiger partial charge is 0.389 e. The number of hydrogen-bond acceptors (Lipinski definition) is 2. The predicted molar refractivity (Wildman–Crippen MR) is 136 cm³/mol. The summed E-state index contributed by atoms with van der Waals surface area (Å²) in [6.45, 7) is 5.00. The number of hydrogen-bond donors (Lipinski definition) is 2. The van der Waals surface area contributed by atoms with Gasteiger partial charge in [-0.1, -0.05) is 155 Å². The van der Waals surface area contributed by atoms with Crippen LogP contribution in [0.25, 0.3) is 0 Å². The minimum Gasteiger partial charge on any atom is -0.389 e. The van der Waals surface area contributed by atoms with Gasteiger partial charge in [-0.15, -0.1) is 0 Å². The molecule has 1 unspecified atom stereocenters. The molecule has 0 aromatic heterocycles. The van der Waals surface area contributed by atoms with E-state index in [9.17, 15) is 5.11 Å². The Kier molecular flexibility index (Phi) is 23.5. The van der Waals surface area contributed by atoms with Gasteiger partial charge >= 0.3 is 0 Å². The van der Waals surface area contributed by atoms with Crippen LogP contribution in [0.1, 0.15) is 168 Å². The maximum Gasteiger partial charge on any atom is 0.0769 e. The van der Waals surface area contributed by atoms with Gasteiger partial charge in [0, 0.05) is 6.54 Å². The summed E-state index contributed by atoms with van der Waals surface area (Å²) in [6, 6.07) is 0. The molecule has 0 radical (unpaired) electrons. The van der Waals surface area contributed by atoms with Gasteiger partial charge in [0.05, 0.1) is 5.60 Å². The maximum absolute atomic E-state index is 10.8.